The lowest BCUT2D eigenvalue weighted by Gasteiger charge is -2.31. The van der Waals surface area contributed by atoms with Crippen LogP contribution in [0.1, 0.15) is 5.56 Å². The van der Waals surface area contributed by atoms with Crippen LogP contribution in [0.3, 0.4) is 0 Å². The minimum atomic E-state index is 0.312. The smallest absolute Gasteiger partial charge is 0.170 e. The molecule has 1 aromatic rings. The quantitative estimate of drug-likeness (QED) is 0.768. The summed E-state index contributed by atoms with van der Waals surface area (Å²) in [4.78, 5) is 11.7. The van der Waals surface area contributed by atoms with E-state index >= 15 is 0 Å². The maximum absolute atomic E-state index is 5.40. The van der Waals surface area contributed by atoms with Gasteiger partial charge in [-0.2, -0.15) is 0 Å². The fourth-order valence-electron chi connectivity index (χ4n) is 2.54. The Morgan fingerprint density at radius 3 is 2.67 bits per heavy atom. The van der Waals surface area contributed by atoms with E-state index < -0.39 is 0 Å². The fraction of sp³-hybridized carbons (Fsp3) is 0.429. The lowest BCUT2D eigenvalue weighted by Crippen LogP contribution is -2.43. The van der Waals surface area contributed by atoms with E-state index in [4.69, 9.17) is 19.5 Å². The standard InChI is InChI=1S/C14H16BrN3O2S/c1-19-11-4-9-10(5-12(11)20-2)17-14(21-3)18-8(6-15)7-16-13(9)18/h4-5,8H,6-7H2,1-3H3. The van der Waals surface area contributed by atoms with E-state index in [-0.39, 0.29) is 0 Å². The number of halogens is 1. The number of hydrogen-bond acceptors (Lipinski definition) is 6. The summed E-state index contributed by atoms with van der Waals surface area (Å²) in [5.41, 5.74) is 1.87. The predicted octanol–water partition coefficient (Wildman–Crippen LogP) is 2.89. The molecular weight excluding hydrogens is 354 g/mol. The van der Waals surface area contributed by atoms with E-state index in [0.29, 0.717) is 17.5 Å². The van der Waals surface area contributed by atoms with Crippen molar-refractivity contribution < 1.29 is 9.47 Å². The second kappa shape index (κ2) is 5.88. The number of aliphatic imine (C=N–C) groups is 2. The van der Waals surface area contributed by atoms with Crippen LogP contribution in [0, 0.1) is 0 Å². The van der Waals surface area contributed by atoms with Gasteiger partial charge in [0.05, 0.1) is 32.5 Å². The number of alkyl halides is 1. The number of amidine groups is 2. The molecule has 0 aliphatic carbocycles. The van der Waals surface area contributed by atoms with Crippen LogP contribution in [-0.2, 0) is 0 Å². The highest BCUT2D eigenvalue weighted by Crippen LogP contribution is 2.40. The molecule has 2 heterocycles. The fourth-order valence-corrected chi connectivity index (χ4v) is 3.66. The van der Waals surface area contributed by atoms with Crippen LogP contribution in [0.2, 0.25) is 0 Å². The number of nitrogens with zero attached hydrogens (tertiary/aromatic N) is 3. The highest BCUT2D eigenvalue weighted by molar-refractivity contribution is 9.09. The van der Waals surface area contributed by atoms with E-state index in [1.807, 2.05) is 18.4 Å². The van der Waals surface area contributed by atoms with Gasteiger partial charge in [-0.1, -0.05) is 27.7 Å². The molecule has 0 aromatic heterocycles. The molecule has 0 bridgehead atoms. The van der Waals surface area contributed by atoms with Gasteiger partial charge in [0.15, 0.2) is 16.7 Å². The van der Waals surface area contributed by atoms with Crippen molar-refractivity contribution in [3.05, 3.63) is 17.7 Å². The Bertz CT molecular complexity index is 633. The molecule has 0 saturated carbocycles. The Kier molecular flexibility index (Phi) is 4.12. The monoisotopic (exact) mass is 369 g/mol. The predicted molar refractivity (Wildman–Crippen MR) is 91.0 cm³/mol. The maximum atomic E-state index is 5.40. The first-order valence-corrected chi connectivity index (χ1v) is 8.86. The lowest BCUT2D eigenvalue weighted by atomic mass is 10.1. The molecule has 0 radical (unpaired) electrons. The first-order chi connectivity index (χ1) is 10.2. The van der Waals surface area contributed by atoms with E-state index in [9.17, 15) is 0 Å². The number of benzene rings is 1. The minimum Gasteiger partial charge on any atom is -0.493 e. The molecule has 1 aromatic carbocycles. The lowest BCUT2D eigenvalue weighted by molar-refractivity contribution is 0.355. The third-order valence-corrected chi connectivity index (χ3v) is 4.97. The summed E-state index contributed by atoms with van der Waals surface area (Å²) >= 11 is 5.19. The summed E-state index contributed by atoms with van der Waals surface area (Å²) in [7, 11) is 3.27. The second-order valence-electron chi connectivity index (χ2n) is 4.67. The van der Waals surface area contributed by atoms with Crippen molar-refractivity contribution in [2.45, 2.75) is 6.04 Å². The van der Waals surface area contributed by atoms with Gasteiger partial charge >= 0.3 is 0 Å². The summed E-state index contributed by atoms with van der Waals surface area (Å²) in [6.45, 7) is 0.772. The van der Waals surface area contributed by atoms with E-state index in [1.54, 1.807) is 26.0 Å². The van der Waals surface area contributed by atoms with Crippen LogP contribution in [0.25, 0.3) is 0 Å². The molecule has 0 spiro atoms. The topological polar surface area (TPSA) is 46.4 Å². The van der Waals surface area contributed by atoms with Crippen LogP contribution in [0.5, 0.6) is 11.5 Å². The maximum Gasteiger partial charge on any atom is 0.170 e. The van der Waals surface area contributed by atoms with Crippen LogP contribution in [0.15, 0.2) is 22.1 Å². The largest absolute Gasteiger partial charge is 0.493 e. The first kappa shape index (κ1) is 14.7. The van der Waals surface area contributed by atoms with Crippen LogP contribution in [-0.4, -0.2) is 54.3 Å². The zero-order chi connectivity index (χ0) is 15.0. The van der Waals surface area contributed by atoms with Gasteiger partial charge in [-0.15, -0.1) is 0 Å². The van der Waals surface area contributed by atoms with E-state index in [0.717, 1.165) is 34.1 Å². The van der Waals surface area contributed by atoms with Crippen molar-refractivity contribution in [1.82, 2.24) is 4.90 Å². The van der Waals surface area contributed by atoms with Crippen LogP contribution in [0.4, 0.5) is 5.69 Å². The number of hydrogen-bond donors (Lipinski definition) is 0. The summed E-state index contributed by atoms with van der Waals surface area (Å²) in [5.74, 6) is 2.35. The molecular formula is C14H16BrN3O2S. The van der Waals surface area contributed by atoms with E-state index in [2.05, 4.69) is 20.8 Å². The highest BCUT2D eigenvalue weighted by atomic mass is 79.9. The minimum absolute atomic E-state index is 0.312. The van der Waals surface area contributed by atoms with Crippen molar-refractivity contribution >= 4 is 44.4 Å². The Morgan fingerprint density at radius 2 is 2.05 bits per heavy atom. The van der Waals surface area contributed by atoms with Gasteiger partial charge in [-0.3, -0.25) is 9.89 Å². The van der Waals surface area contributed by atoms with Gasteiger partial charge in [0.1, 0.15) is 5.84 Å². The molecule has 112 valence electrons. The molecule has 5 nitrogen and oxygen atoms in total. The van der Waals surface area contributed by atoms with Gasteiger partial charge in [-0.05, 0) is 12.3 Å². The molecule has 0 saturated heterocycles. The molecule has 3 rings (SSSR count). The molecule has 2 aliphatic heterocycles. The van der Waals surface area contributed by atoms with Crippen LogP contribution < -0.4 is 9.47 Å². The summed E-state index contributed by atoms with van der Waals surface area (Å²) < 4.78 is 10.8. The summed E-state index contributed by atoms with van der Waals surface area (Å²) in [6.07, 6.45) is 2.03. The summed E-state index contributed by atoms with van der Waals surface area (Å²) in [6, 6.07) is 4.18. The summed E-state index contributed by atoms with van der Waals surface area (Å²) in [5, 5.41) is 1.83. The molecule has 7 heteroatoms. The van der Waals surface area contributed by atoms with E-state index in [1.165, 1.54) is 0 Å². The average molecular weight is 370 g/mol. The number of methoxy groups -OCH3 is 2. The third kappa shape index (κ3) is 2.32. The molecule has 0 amide bonds. The molecule has 2 aliphatic rings. The van der Waals surface area contributed by atoms with Crippen molar-refractivity contribution in [3.63, 3.8) is 0 Å². The highest BCUT2D eigenvalue weighted by Gasteiger charge is 2.36. The molecule has 1 atom stereocenters. The zero-order valence-electron chi connectivity index (χ0n) is 12.1. The van der Waals surface area contributed by atoms with Crippen LogP contribution >= 0.6 is 27.7 Å². The third-order valence-electron chi connectivity index (χ3n) is 3.57. The van der Waals surface area contributed by atoms with Gasteiger partial charge in [0, 0.05) is 17.0 Å². The SMILES string of the molecule is COc1cc2c(cc1OC)C1=NCC(CBr)N1C(SC)=N2. The van der Waals surface area contributed by atoms with Crippen molar-refractivity contribution in [3.8, 4) is 11.5 Å². The molecule has 1 unspecified atom stereocenters. The Labute approximate surface area is 136 Å². The molecule has 0 N–H and O–H groups in total. The Hall–Kier alpha value is -1.21. The molecule has 21 heavy (non-hydrogen) atoms. The number of ether oxygens (including phenoxy) is 2. The number of rotatable bonds is 3. The Balaban J connectivity index is 2.16. The number of fused-ring (bicyclic) bond motifs is 3. The van der Waals surface area contributed by atoms with Gasteiger partial charge in [0.25, 0.3) is 0 Å². The second-order valence-corrected chi connectivity index (χ2v) is 6.09. The van der Waals surface area contributed by atoms with Gasteiger partial charge in [0.2, 0.25) is 0 Å². The zero-order valence-corrected chi connectivity index (χ0v) is 14.5. The van der Waals surface area contributed by atoms with Gasteiger partial charge in [-0.25, -0.2) is 4.99 Å². The van der Waals surface area contributed by atoms with Crippen molar-refractivity contribution in [2.75, 3.05) is 32.4 Å². The van der Waals surface area contributed by atoms with Crippen molar-refractivity contribution in [2.24, 2.45) is 9.98 Å². The molecule has 0 fully saturated rings. The van der Waals surface area contributed by atoms with Gasteiger partial charge < -0.3 is 9.47 Å². The normalized spacial score (nSPS) is 19.6. The number of thioether (sulfide) groups is 1. The first-order valence-electron chi connectivity index (χ1n) is 6.52. The van der Waals surface area contributed by atoms with Crippen molar-refractivity contribution in [1.29, 1.82) is 0 Å². The Morgan fingerprint density at radius 1 is 1.33 bits per heavy atom. The average Bonchev–Trinajstić information content (AvgIpc) is 2.96.